The number of aromatic nitrogens is 1. The smallest absolute Gasteiger partial charge is 0.395 e. The predicted octanol–water partition coefficient (Wildman–Crippen LogP) is 5.96. The van der Waals surface area contributed by atoms with Gasteiger partial charge in [0.25, 0.3) is 0 Å². The zero-order chi connectivity index (χ0) is 24.2. The Bertz CT molecular complexity index is 1330. The average Bonchev–Trinajstić information content (AvgIpc) is 3.09. The van der Waals surface area contributed by atoms with Gasteiger partial charge < -0.3 is 15.0 Å². The van der Waals surface area contributed by atoms with Crippen LogP contribution in [0.25, 0.3) is 17.0 Å². The number of allylic oxidation sites excluding steroid dienone is 2. The van der Waals surface area contributed by atoms with Crippen molar-refractivity contribution >= 4 is 22.9 Å². The van der Waals surface area contributed by atoms with Gasteiger partial charge in [-0.15, -0.1) is 0 Å². The van der Waals surface area contributed by atoms with Gasteiger partial charge >= 0.3 is 12.1 Å². The lowest BCUT2D eigenvalue weighted by molar-refractivity contribution is -0.167. The van der Waals surface area contributed by atoms with E-state index in [-0.39, 0.29) is 17.5 Å². The zero-order valence-electron chi connectivity index (χ0n) is 17.7. The molecule has 0 saturated heterocycles. The van der Waals surface area contributed by atoms with E-state index in [1.165, 1.54) is 0 Å². The molecule has 4 nitrogen and oxygen atoms in total. The number of para-hydroxylation sites is 1. The van der Waals surface area contributed by atoms with Crippen LogP contribution < -0.4 is 0 Å². The number of carboxylic acid groups (broad SMARTS) is 1. The fourth-order valence-corrected chi connectivity index (χ4v) is 4.83. The highest BCUT2D eigenvalue weighted by Gasteiger charge is 2.46. The topological polar surface area (TPSA) is 56.3 Å². The second kappa shape index (κ2) is 8.00. The van der Waals surface area contributed by atoms with Crippen LogP contribution in [0.2, 0.25) is 0 Å². The van der Waals surface area contributed by atoms with E-state index in [0.717, 1.165) is 46.8 Å². The molecule has 2 atom stereocenters. The van der Waals surface area contributed by atoms with Crippen molar-refractivity contribution in [1.29, 1.82) is 0 Å². The van der Waals surface area contributed by atoms with Crippen molar-refractivity contribution in [2.45, 2.75) is 25.1 Å². The summed E-state index contributed by atoms with van der Waals surface area (Å²) in [5.74, 6) is -4.65. The van der Waals surface area contributed by atoms with Crippen LogP contribution in [-0.4, -0.2) is 33.7 Å². The maximum Gasteiger partial charge on any atom is 0.395 e. The van der Waals surface area contributed by atoms with Crippen LogP contribution in [0.3, 0.4) is 0 Å². The number of hydrogen-bond acceptors (Lipinski definition) is 2. The number of carbonyl (C=O) groups is 1. The van der Waals surface area contributed by atoms with Crippen molar-refractivity contribution in [3.63, 3.8) is 0 Å². The number of aliphatic carboxylic acids is 1. The first kappa shape index (κ1) is 22.2. The van der Waals surface area contributed by atoms with Gasteiger partial charge in [0.05, 0.1) is 11.5 Å². The van der Waals surface area contributed by atoms with E-state index >= 15 is 8.78 Å². The first-order valence-electron chi connectivity index (χ1n) is 10.7. The lowest BCUT2D eigenvalue weighted by Crippen LogP contribution is -2.41. The van der Waals surface area contributed by atoms with E-state index in [2.05, 4.69) is 4.98 Å². The SMILES string of the molecule is O=C(O)/C=C/c1cc(F)c([C@@H]2c3[nH]c4ccccc4c3CCN2C2=CC(C(F)(F)F)C2)c(F)c1. The van der Waals surface area contributed by atoms with Crippen LogP contribution in [0, 0.1) is 17.6 Å². The van der Waals surface area contributed by atoms with Gasteiger partial charge in [0, 0.05) is 41.3 Å². The molecule has 0 bridgehead atoms. The number of hydrogen-bond donors (Lipinski definition) is 2. The molecule has 3 aromatic rings. The second-order valence-corrected chi connectivity index (χ2v) is 8.49. The molecule has 0 saturated carbocycles. The summed E-state index contributed by atoms with van der Waals surface area (Å²) in [6, 6.07) is 8.47. The summed E-state index contributed by atoms with van der Waals surface area (Å²) in [7, 11) is 0. The van der Waals surface area contributed by atoms with Crippen LogP contribution in [-0.2, 0) is 11.2 Å². The molecule has 2 heterocycles. The summed E-state index contributed by atoms with van der Waals surface area (Å²) in [5.41, 5.74) is 2.31. The Labute approximate surface area is 191 Å². The van der Waals surface area contributed by atoms with Gasteiger partial charge in [-0.05, 0) is 41.8 Å². The highest BCUT2D eigenvalue weighted by molar-refractivity contribution is 5.86. The maximum absolute atomic E-state index is 15.3. The minimum atomic E-state index is -4.37. The predicted molar refractivity (Wildman–Crippen MR) is 116 cm³/mol. The number of H-pyrrole nitrogens is 1. The Morgan fingerprint density at radius 1 is 1.15 bits per heavy atom. The number of nitrogens with zero attached hydrogens (tertiary/aromatic N) is 1. The Kier molecular flexibility index (Phi) is 5.22. The molecule has 176 valence electrons. The summed E-state index contributed by atoms with van der Waals surface area (Å²) in [6.45, 7) is 0.301. The number of fused-ring (bicyclic) bond motifs is 3. The molecule has 2 N–H and O–H groups in total. The summed E-state index contributed by atoms with van der Waals surface area (Å²) < 4.78 is 70.0. The molecular weight excluding hydrogens is 455 g/mol. The molecular formula is C25H19F5N2O2. The van der Waals surface area contributed by atoms with Gasteiger partial charge in [-0.1, -0.05) is 24.3 Å². The third kappa shape index (κ3) is 3.74. The van der Waals surface area contributed by atoms with E-state index < -0.39 is 35.7 Å². The van der Waals surface area contributed by atoms with Crippen molar-refractivity contribution in [2.75, 3.05) is 6.54 Å². The Morgan fingerprint density at radius 3 is 2.47 bits per heavy atom. The van der Waals surface area contributed by atoms with Gasteiger partial charge in [0.15, 0.2) is 0 Å². The van der Waals surface area contributed by atoms with Gasteiger partial charge in [-0.3, -0.25) is 0 Å². The lowest BCUT2D eigenvalue weighted by Gasteiger charge is -2.44. The molecule has 2 aliphatic rings. The van der Waals surface area contributed by atoms with Crippen molar-refractivity contribution in [3.8, 4) is 0 Å². The average molecular weight is 474 g/mol. The van der Waals surface area contributed by atoms with Crippen LogP contribution >= 0.6 is 0 Å². The molecule has 2 aromatic carbocycles. The Hall–Kier alpha value is -3.62. The van der Waals surface area contributed by atoms with E-state index in [1.54, 1.807) is 4.90 Å². The maximum atomic E-state index is 15.3. The molecule has 0 spiro atoms. The molecule has 1 aliphatic heterocycles. The minimum Gasteiger partial charge on any atom is -0.478 e. The quantitative estimate of drug-likeness (QED) is 0.363. The van der Waals surface area contributed by atoms with Gasteiger partial charge in [-0.25, -0.2) is 13.6 Å². The van der Waals surface area contributed by atoms with Crippen LogP contribution in [0.15, 0.2) is 54.2 Å². The first-order valence-corrected chi connectivity index (χ1v) is 10.7. The van der Waals surface area contributed by atoms with Crippen molar-refractivity contribution in [3.05, 3.63) is 88.3 Å². The van der Waals surface area contributed by atoms with E-state index in [9.17, 15) is 18.0 Å². The van der Waals surface area contributed by atoms with E-state index in [0.29, 0.717) is 24.4 Å². The van der Waals surface area contributed by atoms with Crippen LogP contribution in [0.4, 0.5) is 22.0 Å². The molecule has 0 fully saturated rings. The monoisotopic (exact) mass is 474 g/mol. The minimum absolute atomic E-state index is 0.0281. The summed E-state index contributed by atoms with van der Waals surface area (Å²) >= 11 is 0. The number of halogens is 5. The molecule has 0 radical (unpaired) electrons. The largest absolute Gasteiger partial charge is 0.478 e. The molecule has 0 amide bonds. The fourth-order valence-electron chi connectivity index (χ4n) is 4.83. The second-order valence-electron chi connectivity index (χ2n) is 8.49. The number of alkyl halides is 3. The normalized spacial score (nSPS) is 20.4. The highest BCUT2D eigenvalue weighted by Crippen LogP contribution is 2.48. The van der Waals surface area contributed by atoms with Crippen molar-refractivity contribution < 1.29 is 31.9 Å². The number of carboxylic acids is 1. The Morgan fingerprint density at radius 2 is 1.82 bits per heavy atom. The molecule has 9 heteroatoms. The van der Waals surface area contributed by atoms with Crippen molar-refractivity contribution in [1.82, 2.24) is 9.88 Å². The van der Waals surface area contributed by atoms with E-state index in [1.807, 2.05) is 24.3 Å². The number of nitrogens with one attached hydrogen (secondary N) is 1. The third-order valence-electron chi connectivity index (χ3n) is 6.44. The van der Waals surface area contributed by atoms with Crippen LogP contribution in [0.1, 0.15) is 34.8 Å². The number of benzene rings is 2. The van der Waals surface area contributed by atoms with Gasteiger partial charge in [0.1, 0.15) is 17.7 Å². The first-order chi connectivity index (χ1) is 16.1. The third-order valence-corrected chi connectivity index (χ3v) is 6.44. The molecule has 1 aromatic heterocycles. The summed E-state index contributed by atoms with van der Waals surface area (Å²) in [6.07, 6.45) is -1.15. The molecule has 5 rings (SSSR count). The molecule has 34 heavy (non-hydrogen) atoms. The zero-order valence-corrected chi connectivity index (χ0v) is 17.7. The number of rotatable bonds is 4. The van der Waals surface area contributed by atoms with Gasteiger partial charge in [0.2, 0.25) is 0 Å². The van der Waals surface area contributed by atoms with Gasteiger partial charge in [-0.2, -0.15) is 13.2 Å². The molecule has 1 unspecified atom stereocenters. The van der Waals surface area contributed by atoms with E-state index in [4.69, 9.17) is 5.11 Å². The summed E-state index contributed by atoms with van der Waals surface area (Å²) in [5, 5.41) is 9.69. The number of aromatic amines is 1. The highest BCUT2D eigenvalue weighted by atomic mass is 19.4. The standard InChI is InChI=1S/C25H19F5N2O2/c26-18-9-13(5-6-21(33)34)10-19(27)22(18)24-23-17(16-3-1-2-4-20(16)31-23)7-8-32(24)15-11-14(12-15)25(28,29)30/h1-6,9-11,14,24,31H,7-8,12H2,(H,33,34)/b6-5+/t14?,24-/m1/s1. The lowest BCUT2D eigenvalue weighted by atomic mass is 9.85. The van der Waals surface area contributed by atoms with Crippen molar-refractivity contribution in [2.24, 2.45) is 5.92 Å². The molecule has 1 aliphatic carbocycles. The summed E-state index contributed by atoms with van der Waals surface area (Å²) in [4.78, 5) is 15.6. The van der Waals surface area contributed by atoms with Crippen LogP contribution in [0.5, 0.6) is 0 Å². The Balaban J connectivity index is 1.64. The fraction of sp³-hybridized carbons (Fsp3) is 0.240.